The van der Waals surface area contributed by atoms with Crippen molar-refractivity contribution >= 4 is 33.4 Å². The summed E-state index contributed by atoms with van der Waals surface area (Å²) in [5.41, 5.74) is 0.535. The van der Waals surface area contributed by atoms with E-state index < -0.39 is 10.0 Å². The number of aromatic nitrogens is 4. The van der Waals surface area contributed by atoms with Crippen LogP contribution in [0.4, 0.5) is 5.69 Å². The molecule has 2 N–H and O–H groups in total. The number of tetrazole rings is 1. The van der Waals surface area contributed by atoms with E-state index in [1.807, 2.05) is 0 Å². The zero-order chi connectivity index (χ0) is 19.3. The van der Waals surface area contributed by atoms with Gasteiger partial charge in [-0.2, -0.15) is 0 Å². The number of sulfonamides is 1. The first-order valence-corrected chi connectivity index (χ1v) is 11.2. The van der Waals surface area contributed by atoms with Gasteiger partial charge in [0.15, 0.2) is 0 Å². The number of aryl methyl sites for hydroxylation is 1. The monoisotopic (exact) mass is 410 g/mol. The number of amides is 1. The maximum Gasteiger partial charge on any atom is 0.240 e. The van der Waals surface area contributed by atoms with E-state index in [-0.39, 0.29) is 22.6 Å². The molecule has 1 fully saturated rings. The molecule has 11 heteroatoms. The molecule has 0 bridgehead atoms. The number of nitrogens with one attached hydrogen (secondary N) is 2. The van der Waals surface area contributed by atoms with Crippen LogP contribution < -0.4 is 10.0 Å². The van der Waals surface area contributed by atoms with Gasteiger partial charge in [-0.3, -0.25) is 4.79 Å². The van der Waals surface area contributed by atoms with Crippen LogP contribution in [0.1, 0.15) is 32.1 Å². The predicted molar refractivity (Wildman–Crippen MR) is 102 cm³/mol. The van der Waals surface area contributed by atoms with Crippen LogP contribution in [0.2, 0.25) is 0 Å². The van der Waals surface area contributed by atoms with Crippen LogP contribution in [0.25, 0.3) is 0 Å². The highest BCUT2D eigenvalue weighted by molar-refractivity contribution is 7.99. The molecule has 9 nitrogen and oxygen atoms in total. The third-order valence-electron chi connectivity index (χ3n) is 4.29. The Hall–Kier alpha value is -1.98. The van der Waals surface area contributed by atoms with Gasteiger partial charge in [-0.05, 0) is 47.5 Å². The van der Waals surface area contributed by atoms with Gasteiger partial charge in [-0.1, -0.05) is 31.0 Å². The zero-order valence-corrected chi connectivity index (χ0v) is 16.6. The number of nitrogens with zero attached hydrogens (tertiary/aromatic N) is 4. The third-order valence-corrected chi connectivity index (χ3v) is 6.84. The lowest BCUT2D eigenvalue weighted by Gasteiger charge is -2.22. The van der Waals surface area contributed by atoms with Crippen LogP contribution in [0.3, 0.4) is 0 Å². The Labute approximate surface area is 162 Å². The van der Waals surface area contributed by atoms with Crippen molar-refractivity contribution < 1.29 is 13.2 Å². The minimum Gasteiger partial charge on any atom is -0.325 e. The normalized spacial score (nSPS) is 15.6. The second-order valence-corrected chi connectivity index (χ2v) is 9.06. The molecule has 1 aromatic heterocycles. The predicted octanol–water partition coefficient (Wildman–Crippen LogP) is 1.55. The summed E-state index contributed by atoms with van der Waals surface area (Å²) < 4.78 is 29.2. The topological polar surface area (TPSA) is 119 Å². The maximum absolute atomic E-state index is 12.5. The van der Waals surface area contributed by atoms with E-state index in [2.05, 4.69) is 25.6 Å². The molecular formula is C16H22N6O3S2. The summed E-state index contributed by atoms with van der Waals surface area (Å²) in [5.74, 6) is -0.0729. The number of carbonyl (C=O) groups excluding carboxylic acids is 1. The minimum atomic E-state index is -3.54. The fourth-order valence-electron chi connectivity index (χ4n) is 2.90. The number of rotatable bonds is 7. The van der Waals surface area contributed by atoms with Gasteiger partial charge in [0.1, 0.15) is 0 Å². The molecule has 27 heavy (non-hydrogen) atoms. The van der Waals surface area contributed by atoms with Crippen molar-refractivity contribution in [2.75, 3.05) is 11.1 Å². The average Bonchev–Trinajstić information content (AvgIpc) is 3.06. The van der Waals surface area contributed by atoms with Gasteiger partial charge < -0.3 is 5.32 Å². The Morgan fingerprint density at radius 2 is 1.93 bits per heavy atom. The van der Waals surface area contributed by atoms with Crippen LogP contribution >= 0.6 is 11.8 Å². The number of hydrogen-bond donors (Lipinski definition) is 2. The molecule has 0 spiro atoms. The number of benzene rings is 1. The summed E-state index contributed by atoms with van der Waals surface area (Å²) in [4.78, 5) is 12.2. The highest BCUT2D eigenvalue weighted by atomic mass is 32.2. The second kappa shape index (κ2) is 8.81. The molecule has 0 atom stereocenters. The van der Waals surface area contributed by atoms with E-state index in [0.29, 0.717) is 10.8 Å². The van der Waals surface area contributed by atoms with Crippen molar-refractivity contribution in [3.05, 3.63) is 24.3 Å². The molecule has 1 amide bonds. The number of thioether (sulfide) groups is 1. The molecule has 1 heterocycles. The summed E-state index contributed by atoms with van der Waals surface area (Å²) in [6.07, 6.45) is 5.04. The first-order valence-electron chi connectivity index (χ1n) is 8.71. The quantitative estimate of drug-likeness (QED) is 0.665. The number of hydrogen-bond acceptors (Lipinski definition) is 7. The first kappa shape index (κ1) is 19.8. The smallest absolute Gasteiger partial charge is 0.240 e. The van der Waals surface area contributed by atoms with Crippen molar-refractivity contribution in [3.8, 4) is 0 Å². The summed E-state index contributed by atoms with van der Waals surface area (Å²) in [6.45, 7) is 0. The highest BCUT2D eigenvalue weighted by Crippen LogP contribution is 2.21. The van der Waals surface area contributed by atoms with Crippen LogP contribution in [0, 0.1) is 0 Å². The highest BCUT2D eigenvalue weighted by Gasteiger charge is 2.21. The molecule has 1 aliphatic carbocycles. The van der Waals surface area contributed by atoms with Gasteiger partial charge in [0, 0.05) is 18.8 Å². The van der Waals surface area contributed by atoms with Crippen LogP contribution in [0.15, 0.2) is 34.3 Å². The summed E-state index contributed by atoms with van der Waals surface area (Å²) in [5, 5.41) is 14.3. The summed E-state index contributed by atoms with van der Waals surface area (Å²) in [7, 11) is -1.85. The van der Waals surface area contributed by atoms with Crippen molar-refractivity contribution in [2.24, 2.45) is 7.05 Å². The van der Waals surface area contributed by atoms with E-state index in [9.17, 15) is 13.2 Å². The van der Waals surface area contributed by atoms with Gasteiger partial charge in [0.2, 0.25) is 21.1 Å². The van der Waals surface area contributed by atoms with Gasteiger partial charge in [0.25, 0.3) is 0 Å². The van der Waals surface area contributed by atoms with Gasteiger partial charge >= 0.3 is 0 Å². The Kier molecular flexibility index (Phi) is 6.45. The van der Waals surface area contributed by atoms with Crippen molar-refractivity contribution in [1.82, 2.24) is 24.9 Å². The van der Waals surface area contributed by atoms with Crippen molar-refractivity contribution in [3.63, 3.8) is 0 Å². The summed E-state index contributed by atoms with van der Waals surface area (Å²) >= 11 is 1.22. The third kappa shape index (κ3) is 5.50. The molecule has 3 rings (SSSR count). The van der Waals surface area contributed by atoms with Crippen molar-refractivity contribution in [2.45, 2.75) is 48.2 Å². The fraction of sp³-hybridized carbons (Fsp3) is 0.500. The van der Waals surface area contributed by atoms with Gasteiger partial charge in [0.05, 0.1) is 10.6 Å². The molecule has 0 unspecified atom stereocenters. The van der Waals surface area contributed by atoms with Crippen LogP contribution in [-0.4, -0.2) is 46.3 Å². The Balaban J connectivity index is 1.54. The zero-order valence-electron chi connectivity index (χ0n) is 15.0. The molecular weight excluding hydrogens is 388 g/mol. The fourth-order valence-corrected chi connectivity index (χ4v) is 4.85. The lowest BCUT2D eigenvalue weighted by Crippen LogP contribution is -2.36. The minimum absolute atomic E-state index is 0.00950. The molecule has 146 valence electrons. The van der Waals surface area contributed by atoms with Gasteiger partial charge in [-0.15, -0.1) is 5.10 Å². The molecule has 0 aliphatic heterocycles. The van der Waals surface area contributed by atoms with E-state index in [0.717, 1.165) is 32.1 Å². The Bertz CT molecular complexity index is 876. The Morgan fingerprint density at radius 1 is 1.22 bits per heavy atom. The molecule has 1 aromatic carbocycles. The standard InChI is InChI=1S/C16H22N6O3S2/c1-22-16(18-20-21-22)26-11-15(23)17-12-7-9-14(10-8-12)27(24,25)19-13-5-3-2-4-6-13/h7-10,13,19H,2-6,11H2,1H3,(H,17,23). The second-order valence-electron chi connectivity index (χ2n) is 6.40. The van der Waals surface area contributed by atoms with E-state index >= 15 is 0 Å². The van der Waals surface area contributed by atoms with Gasteiger partial charge in [-0.25, -0.2) is 17.8 Å². The van der Waals surface area contributed by atoms with Crippen molar-refractivity contribution in [1.29, 1.82) is 0 Å². The largest absolute Gasteiger partial charge is 0.325 e. The summed E-state index contributed by atoms with van der Waals surface area (Å²) in [6, 6.07) is 6.18. The SMILES string of the molecule is Cn1nnnc1SCC(=O)Nc1ccc(S(=O)(=O)NC2CCCCC2)cc1. The molecule has 0 saturated heterocycles. The molecule has 2 aromatic rings. The van der Waals surface area contributed by atoms with E-state index in [1.54, 1.807) is 19.2 Å². The maximum atomic E-state index is 12.5. The first-order chi connectivity index (χ1) is 12.9. The average molecular weight is 411 g/mol. The lowest BCUT2D eigenvalue weighted by atomic mass is 9.96. The molecule has 1 saturated carbocycles. The Morgan fingerprint density at radius 3 is 2.56 bits per heavy atom. The van der Waals surface area contributed by atoms with Crippen LogP contribution in [-0.2, 0) is 21.9 Å². The lowest BCUT2D eigenvalue weighted by molar-refractivity contribution is -0.113. The molecule has 0 radical (unpaired) electrons. The van der Waals surface area contributed by atoms with E-state index in [1.165, 1.54) is 28.6 Å². The number of anilines is 1. The number of carbonyl (C=O) groups is 1. The van der Waals surface area contributed by atoms with E-state index in [4.69, 9.17) is 0 Å². The van der Waals surface area contributed by atoms with Crippen LogP contribution in [0.5, 0.6) is 0 Å². The molecule has 1 aliphatic rings.